The number of ether oxygens (including phenoxy) is 1. The first-order valence-electron chi connectivity index (χ1n) is 9.37. The number of anilines is 1. The Bertz CT molecular complexity index is 729. The monoisotopic (exact) mass is 357 g/mol. The molecule has 6 nitrogen and oxygen atoms in total. The summed E-state index contributed by atoms with van der Waals surface area (Å²) in [6.45, 7) is 6.71. The van der Waals surface area contributed by atoms with Gasteiger partial charge in [-0.15, -0.1) is 0 Å². The summed E-state index contributed by atoms with van der Waals surface area (Å²) >= 11 is 0. The lowest BCUT2D eigenvalue weighted by atomic mass is 9.95. The number of fused-ring (bicyclic) bond motifs is 1. The van der Waals surface area contributed by atoms with Gasteiger partial charge >= 0.3 is 12.0 Å². The summed E-state index contributed by atoms with van der Waals surface area (Å²) in [6, 6.07) is 8.06. The van der Waals surface area contributed by atoms with Crippen molar-refractivity contribution in [2.45, 2.75) is 52.1 Å². The highest BCUT2D eigenvalue weighted by atomic mass is 16.5. The lowest BCUT2D eigenvalue weighted by Gasteiger charge is -2.39. The summed E-state index contributed by atoms with van der Waals surface area (Å²) in [4.78, 5) is 26.9. The molecule has 140 valence electrons. The first-order valence-corrected chi connectivity index (χ1v) is 9.37. The maximum Gasteiger partial charge on any atom is 0.337 e. The summed E-state index contributed by atoms with van der Waals surface area (Å²) in [5.74, 6) is -0.361. The second kappa shape index (κ2) is 7.81. The van der Waals surface area contributed by atoms with Crippen molar-refractivity contribution in [1.82, 2.24) is 10.6 Å². The molecule has 0 unspecified atom stereocenters. The van der Waals surface area contributed by atoms with Gasteiger partial charge < -0.3 is 20.3 Å². The van der Waals surface area contributed by atoms with Crippen molar-refractivity contribution in [3.63, 3.8) is 0 Å². The van der Waals surface area contributed by atoms with Gasteiger partial charge in [-0.05, 0) is 44.7 Å². The maximum atomic E-state index is 12.6. The largest absolute Gasteiger partial charge is 0.463 e. The maximum absolute atomic E-state index is 12.6. The average molecular weight is 357 g/mol. The highest BCUT2D eigenvalue weighted by Crippen LogP contribution is 2.31. The van der Waals surface area contributed by atoms with Crippen molar-refractivity contribution in [3.8, 4) is 0 Å². The summed E-state index contributed by atoms with van der Waals surface area (Å²) in [5.41, 5.74) is 3.64. The molecule has 0 aliphatic carbocycles. The Morgan fingerprint density at radius 3 is 2.81 bits per heavy atom. The normalized spacial score (nSPS) is 22.4. The molecule has 0 saturated heterocycles. The van der Waals surface area contributed by atoms with Crippen LogP contribution in [-0.2, 0) is 16.0 Å². The van der Waals surface area contributed by atoms with E-state index in [1.54, 1.807) is 6.92 Å². The topological polar surface area (TPSA) is 70.7 Å². The number of hydrogen-bond donors (Lipinski definition) is 2. The van der Waals surface area contributed by atoms with Gasteiger partial charge in [-0.2, -0.15) is 0 Å². The van der Waals surface area contributed by atoms with Crippen LogP contribution in [-0.4, -0.2) is 37.2 Å². The Labute approximate surface area is 154 Å². The van der Waals surface area contributed by atoms with E-state index in [9.17, 15) is 9.59 Å². The molecule has 1 aromatic carbocycles. The minimum absolute atomic E-state index is 0.266. The van der Waals surface area contributed by atoms with E-state index < -0.39 is 0 Å². The molecule has 0 saturated carbocycles. The first-order chi connectivity index (χ1) is 12.5. The second-order valence-corrected chi connectivity index (χ2v) is 6.82. The summed E-state index contributed by atoms with van der Waals surface area (Å²) in [5, 5.41) is 5.68. The standard InChI is InChI=1S/C20H27N3O3/c1-4-15-18(19(24)26-5-2)16(22-20(25)21-15)12-23-13(3)10-11-14-8-6-7-9-17(14)23/h6-9,13,15H,4-5,10-12H2,1-3H3,(H2,21,22,25)/t13-,15-/m0/s1. The molecule has 3 rings (SSSR count). The van der Waals surface area contributed by atoms with Gasteiger partial charge in [-0.3, -0.25) is 0 Å². The van der Waals surface area contributed by atoms with Gasteiger partial charge in [0.05, 0.1) is 30.5 Å². The molecule has 2 atom stereocenters. The summed E-state index contributed by atoms with van der Waals surface area (Å²) < 4.78 is 5.26. The Hall–Kier alpha value is -2.50. The fraction of sp³-hybridized carbons (Fsp3) is 0.500. The molecule has 2 aliphatic rings. The molecule has 2 aliphatic heterocycles. The number of urea groups is 1. The zero-order valence-electron chi connectivity index (χ0n) is 15.7. The lowest BCUT2D eigenvalue weighted by Crippen LogP contribution is -2.53. The molecular weight excluding hydrogens is 330 g/mol. The molecular formula is C20H27N3O3. The fourth-order valence-electron chi connectivity index (χ4n) is 3.76. The number of para-hydroxylation sites is 1. The molecule has 0 bridgehead atoms. The highest BCUT2D eigenvalue weighted by molar-refractivity contribution is 5.95. The number of aryl methyl sites for hydroxylation is 1. The number of carbonyl (C=O) groups excluding carboxylic acids is 2. The first kappa shape index (κ1) is 18.3. The van der Waals surface area contributed by atoms with Crippen LogP contribution in [0.1, 0.15) is 39.2 Å². The van der Waals surface area contributed by atoms with Crippen molar-refractivity contribution in [2.24, 2.45) is 0 Å². The van der Waals surface area contributed by atoms with E-state index in [-0.39, 0.29) is 18.0 Å². The van der Waals surface area contributed by atoms with Gasteiger partial charge in [0.15, 0.2) is 0 Å². The number of carbonyl (C=O) groups is 2. The molecule has 0 aromatic heterocycles. The van der Waals surface area contributed by atoms with E-state index in [1.807, 2.05) is 13.0 Å². The van der Waals surface area contributed by atoms with Crippen LogP contribution < -0.4 is 15.5 Å². The minimum atomic E-state index is -0.361. The van der Waals surface area contributed by atoms with Crippen LogP contribution in [0.2, 0.25) is 0 Å². The number of benzene rings is 1. The zero-order valence-corrected chi connectivity index (χ0v) is 15.7. The van der Waals surface area contributed by atoms with Crippen molar-refractivity contribution >= 4 is 17.7 Å². The van der Waals surface area contributed by atoms with E-state index in [0.29, 0.717) is 36.9 Å². The van der Waals surface area contributed by atoms with E-state index in [0.717, 1.165) is 12.8 Å². The van der Waals surface area contributed by atoms with Gasteiger partial charge in [0.25, 0.3) is 0 Å². The minimum Gasteiger partial charge on any atom is -0.463 e. The van der Waals surface area contributed by atoms with Crippen LogP contribution in [0.25, 0.3) is 0 Å². The van der Waals surface area contributed by atoms with Gasteiger partial charge in [-0.25, -0.2) is 9.59 Å². The third-order valence-electron chi connectivity index (χ3n) is 5.14. The number of rotatable bonds is 5. The van der Waals surface area contributed by atoms with E-state index in [4.69, 9.17) is 4.74 Å². The van der Waals surface area contributed by atoms with Gasteiger partial charge in [-0.1, -0.05) is 25.1 Å². The number of amides is 2. The second-order valence-electron chi connectivity index (χ2n) is 6.82. The molecule has 2 amide bonds. The van der Waals surface area contributed by atoms with Gasteiger partial charge in [0.2, 0.25) is 0 Å². The zero-order chi connectivity index (χ0) is 18.7. The molecule has 0 fully saturated rings. The van der Waals surface area contributed by atoms with Crippen LogP contribution in [0.3, 0.4) is 0 Å². The lowest BCUT2D eigenvalue weighted by molar-refractivity contribution is -0.139. The van der Waals surface area contributed by atoms with Crippen LogP contribution in [0, 0.1) is 0 Å². The van der Waals surface area contributed by atoms with E-state index in [1.165, 1.54) is 11.3 Å². The van der Waals surface area contributed by atoms with Crippen molar-refractivity contribution in [2.75, 3.05) is 18.1 Å². The molecule has 26 heavy (non-hydrogen) atoms. The Morgan fingerprint density at radius 1 is 1.31 bits per heavy atom. The smallest absolute Gasteiger partial charge is 0.337 e. The molecule has 0 spiro atoms. The summed E-state index contributed by atoms with van der Waals surface area (Å²) in [7, 11) is 0. The predicted molar refractivity (Wildman–Crippen MR) is 101 cm³/mol. The molecule has 2 N–H and O–H groups in total. The molecule has 6 heteroatoms. The third-order valence-corrected chi connectivity index (χ3v) is 5.14. The Kier molecular flexibility index (Phi) is 5.49. The number of nitrogens with zero attached hydrogens (tertiary/aromatic N) is 1. The van der Waals surface area contributed by atoms with Crippen LogP contribution in [0.4, 0.5) is 10.5 Å². The average Bonchev–Trinajstić information content (AvgIpc) is 2.63. The quantitative estimate of drug-likeness (QED) is 0.795. The van der Waals surface area contributed by atoms with Gasteiger partial charge in [0.1, 0.15) is 0 Å². The molecule has 2 heterocycles. The van der Waals surface area contributed by atoms with Crippen LogP contribution in [0.15, 0.2) is 35.5 Å². The fourth-order valence-corrected chi connectivity index (χ4v) is 3.76. The van der Waals surface area contributed by atoms with Gasteiger partial charge in [0, 0.05) is 11.7 Å². The Morgan fingerprint density at radius 2 is 2.08 bits per heavy atom. The van der Waals surface area contributed by atoms with E-state index in [2.05, 4.69) is 40.7 Å². The van der Waals surface area contributed by atoms with Crippen molar-refractivity contribution in [1.29, 1.82) is 0 Å². The van der Waals surface area contributed by atoms with Crippen LogP contribution >= 0.6 is 0 Å². The number of esters is 1. The number of nitrogens with one attached hydrogen (secondary N) is 2. The number of hydrogen-bond acceptors (Lipinski definition) is 4. The van der Waals surface area contributed by atoms with Crippen LogP contribution in [0.5, 0.6) is 0 Å². The predicted octanol–water partition coefficient (Wildman–Crippen LogP) is 2.74. The third kappa shape index (κ3) is 3.54. The summed E-state index contributed by atoms with van der Waals surface area (Å²) in [6.07, 6.45) is 2.72. The van der Waals surface area contributed by atoms with Crippen molar-refractivity contribution in [3.05, 3.63) is 41.1 Å². The highest BCUT2D eigenvalue weighted by Gasteiger charge is 2.33. The SMILES string of the molecule is CCOC(=O)C1=C(CN2c3ccccc3CC[C@@H]2C)NC(=O)N[C@H]1CC. The molecule has 1 aromatic rings. The van der Waals surface area contributed by atoms with Crippen molar-refractivity contribution < 1.29 is 14.3 Å². The van der Waals surface area contributed by atoms with E-state index >= 15 is 0 Å². The molecule has 0 radical (unpaired) electrons. The Balaban J connectivity index is 1.98.